The summed E-state index contributed by atoms with van der Waals surface area (Å²) in [6, 6.07) is 5.34. The zero-order chi connectivity index (χ0) is 14.4. The molecule has 1 heterocycles. The molecule has 0 fully saturated rings. The minimum absolute atomic E-state index is 0.220. The molecule has 1 atom stereocenters. The normalized spacial score (nSPS) is 21.1. The van der Waals surface area contributed by atoms with Crippen LogP contribution in [0.2, 0.25) is 0 Å². The molecule has 1 aromatic rings. The Morgan fingerprint density at radius 2 is 2.05 bits per heavy atom. The molecule has 0 aromatic heterocycles. The highest BCUT2D eigenvalue weighted by Crippen LogP contribution is 2.36. The van der Waals surface area contributed by atoms with Crippen molar-refractivity contribution in [3.63, 3.8) is 0 Å². The lowest BCUT2D eigenvalue weighted by Gasteiger charge is -2.20. The average molecular weight is 282 g/mol. The zero-order valence-electron chi connectivity index (χ0n) is 11.3. The monoisotopic (exact) mass is 282 g/mol. The first kappa shape index (κ1) is 14.1. The van der Waals surface area contributed by atoms with Gasteiger partial charge in [-0.25, -0.2) is 8.42 Å². The van der Waals surface area contributed by atoms with Crippen LogP contribution in [-0.2, 0) is 27.5 Å². The summed E-state index contributed by atoms with van der Waals surface area (Å²) in [5.41, 5.74) is 0.455. The van der Waals surface area contributed by atoms with Crippen molar-refractivity contribution in [2.24, 2.45) is 5.41 Å². The van der Waals surface area contributed by atoms with Gasteiger partial charge in [0.05, 0.1) is 15.6 Å². The van der Waals surface area contributed by atoms with Gasteiger partial charge in [-0.3, -0.25) is 4.79 Å². The number of sulfone groups is 1. The maximum Gasteiger partial charge on any atom is 0.309 e. The molecule has 104 valence electrons. The second-order valence-electron chi connectivity index (χ2n) is 5.83. The Hall–Kier alpha value is -1.36. The summed E-state index contributed by atoms with van der Waals surface area (Å²) in [7, 11) is -3.31. The SMILES string of the molecule is CC1Cc2cccc(CC(C)(C)C(=O)O)c2S1(=O)=O. The van der Waals surface area contributed by atoms with Crippen molar-refractivity contribution in [3.8, 4) is 0 Å². The summed E-state index contributed by atoms with van der Waals surface area (Å²) in [5, 5.41) is 8.76. The van der Waals surface area contributed by atoms with Gasteiger partial charge in [0.2, 0.25) is 0 Å². The molecule has 0 amide bonds. The van der Waals surface area contributed by atoms with Gasteiger partial charge in [-0.1, -0.05) is 18.2 Å². The number of benzene rings is 1. The van der Waals surface area contributed by atoms with Gasteiger partial charge in [-0.2, -0.15) is 0 Å². The predicted octanol–water partition coefficient (Wildman–Crippen LogP) is 2.06. The van der Waals surface area contributed by atoms with E-state index in [4.69, 9.17) is 0 Å². The zero-order valence-corrected chi connectivity index (χ0v) is 12.1. The number of carboxylic acid groups (broad SMARTS) is 1. The Kier molecular flexibility index (Phi) is 3.21. The molecule has 1 aliphatic rings. The largest absolute Gasteiger partial charge is 0.481 e. The van der Waals surface area contributed by atoms with Crippen molar-refractivity contribution < 1.29 is 18.3 Å². The third kappa shape index (κ3) is 2.27. The van der Waals surface area contributed by atoms with E-state index in [1.807, 2.05) is 6.07 Å². The fourth-order valence-corrected chi connectivity index (χ4v) is 4.30. The molecule has 0 bridgehead atoms. The quantitative estimate of drug-likeness (QED) is 0.921. The van der Waals surface area contributed by atoms with Gasteiger partial charge >= 0.3 is 5.97 Å². The molecule has 0 spiro atoms. The summed E-state index contributed by atoms with van der Waals surface area (Å²) >= 11 is 0. The minimum atomic E-state index is -3.31. The summed E-state index contributed by atoms with van der Waals surface area (Å²) < 4.78 is 24.6. The summed E-state index contributed by atoms with van der Waals surface area (Å²) in [5.74, 6) is -0.923. The van der Waals surface area contributed by atoms with Gasteiger partial charge in [0.15, 0.2) is 9.84 Å². The van der Waals surface area contributed by atoms with E-state index < -0.39 is 26.5 Å². The van der Waals surface area contributed by atoms with Crippen molar-refractivity contribution in [1.29, 1.82) is 0 Å². The van der Waals surface area contributed by atoms with Gasteiger partial charge in [-0.15, -0.1) is 0 Å². The lowest BCUT2D eigenvalue weighted by Crippen LogP contribution is -2.27. The second-order valence-corrected chi connectivity index (χ2v) is 8.13. The third-order valence-corrected chi connectivity index (χ3v) is 6.03. The van der Waals surface area contributed by atoms with E-state index in [-0.39, 0.29) is 6.42 Å². The Labute approximate surface area is 113 Å². The Morgan fingerprint density at radius 1 is 1.42 bits per heavy atom. The molecule has 0 radical (unpaired) electrons. The molecule has 4 nitrogen and oxygen atoms in total. The number of rotatable bonds is 3. The lowest BCUT2D eigenvalue weighted by molar-refractivity contribution is -0.146. The van der Waals surface area contributed by atoms with Crippen molar-refractivity contribution in [2.45, 2.75) is 43.8 Å². The van der Waals surface area contributed by atoms with E-state index in [1.165, 1.54) is 0 Å². The molecule has 0 saturated carbocycles. The first-order chi connectivity index (χ1) is 8.66. The summed E-state index contributed by atoms with van der Waals surface area (Å²) in [4.78, 5) is 11.6. The van der Waals surface area contributed by atoms with Crippen LogP contribution >= 0.6 is 0 Å². The van der Waals surface area contributed by atoms with Crippen LogP contribution in [0.25, 0.3) is 0 Å². The highest BCUT2D eigenvalue weighted by molar-refractivity contribution is 7.92. The lowest BCUT2D eigenvalue weighted by atomic mass is 9.85. The number of fused-ring (bicyclic) bond motifs is 1. The average Bonchev–Trinajstić information content (AvgIpc) is 2.50. The van der Waals surface area contributed by atoms with Gasteiger partial charge < -0.3 is 5.11 Å². The van der Waals surface area contributed by atoms with Crippen LogP contribution in [-0.4, -0.2) is 24.7 Å². The molecule has 19 heavy (non-hydrogen) atoms. The Morgan fingerprint density at radius 3 is 2.63 bits per heavy atom. The Balaban J connectivity index is 2.53. The number of aliphatic carboxylic acids is 1. The summed E-state index contributed by atoms with van der Waals surface area (Å²) in [6.07, 6.45) is 0.733. The highest BCUT2D eigenvalue weighted by atomic mass is 32.2. The first-order valence-electron chi connectivity index (χ1n) is 6.24. The van der Waals surface area contributed by atoms with Gasteiger partial charge in [0.1, 0.15) is 0 Å². The molecule has 0 aliphatic carbocycles. The molecule has 1 aliphatic heterocycles. The molecular weight excluding hydrogens is 264 g/mol. The first-order valence-corrected chi connectivity index (χ1v) is 7.79. The van der Waals surface area contributed by atoms with Crippen LogP contribution in [0, 0.1) is 5.41 Å². The predicted molar refractivity (Wildman–Crippen MR) is 71.9 cm³/mol. The van der Waals surface area contributed by atoms with Gasteiger partial charge in [0.25, 0.3) is 0 Å². The van der Waals surface area contributed by atoms with E-state index in [9.17, 15) is 18.3 Å². The van der Waals surface area contributed by atoms with Gasteiger partial charge in [0, 0.05) is 0 Å². The van der Waals surface area contributed by atoms with Crippen molar-refractivity contribution in [1.82, 2.24) is 0 Å². The fraction of sp³-hybridized carbons (Fsp3) is 0.500. The van der Waals surface area contributed by atoms with Crippen LogP contribution in [0.15, 0.2) is 23.1 Å². The van der Waals surface area contributed by atoms with E-state index in [0.717, 1.165) is 5.56 Å². The van der Waals surface area contributed by atoms with Crippen molar-refractivity contribution in [3.05, 3.63) is 29.3 Å². The van der Waals surface area contributed by atoms with Gasteiger partial charge in [-0.05, 0) is 44.7 Å². The summed E-state index contributed by atoms with van der Waals surface area (Å²) in [6.45, 7) is 4.92. The molecule has 0 saturated heterocycles. The molecule has 5 heteroatoms. The molecule has 1 N–H and O–H groups in total. The van der Waals surface area contributed by atoms with E-state index in [1.54, 1.807) is 32.9 Å². The van der Waals surface area contributed by atoms with Crippen molar-refractivity contribution >= 4 is 15.8 Å². The number of hydrogen-bond acceptors (Lipinski definition) is 3. The second kappa shape index (κ2) is 4.34. The van der Waals surface area contributed by atoms with Crippen LogP contribution in [0.4, 0.5) is 0 Å². The maximum absolute atomic E-state index is 12.3. The third-order valence-electron chi connectivity index (χ3n) is 3.71. The van der Waals surface area contributed by atoms with Crippen LogP contribution in [0.5, 0.6) is 0 Å². The fourth-order valence-electron chi connectivity index (χ4n) is 2.48. The van der Waals surface area contributed by atoms with Crippen molar-refractivity contribution in [2.75, 3.05) is 0 Å². The van der Waals surface area contributed by atoms with E-state index >= 15 is 0 Å². The Bertz CT molecular complexity index is 629. The topological polar surface area (TPSA) is 71.4 Å². The number of carboxylic acids is 1. The van der Waals surface area contributed by atoms with E-state index in [0.29, 0.717) is 16.9 Å². The van der Waals surface area contributed by atoms with Crippen LogP contribution in [0.3, 0.4) is 0 Å². The molecular formula is C14H18O4S. The number of hydrogen-bond donors (Lipinski definition) is 1. The molecule has 2 rings (SSSR count). The number of carbonyl (C=O) groups is 1. The van der Waals surface area contributed by atoms with E-state index in [2.05, 4.69) is 0 Å². The molecule has 1 aromatic carbocycles. The molecule has 1 unspecified atom stereocenters. The standard InChI is InChI=1S/C14H18O4S/c1-9-7-10-5-4-6-11(12(10)19(9,17)18)8-14(2,3)13(15)16/h4-6,9H,7-8H2,1-3H3,(H,15,16). The highest BCUT2D eigenvalue weighted by Gasteiger charge is 2.38. The minimum Gasteiger partial charge on any atom is -0.481 e. The maximum atomic E-state index is 12.3. The van der Waals surface area contributed by atoms with Crippen LogP contribution in [0.1, 0.15) is 31.9 Å². The van der Waals surface area contributed by atoms with Crippen LogP contribution < -0.4 is 0 Å². The smallest absolute Gasteiger partial charge is 0.309 e.